The largest absolute Gasteiger partial charge is 0.405 e. The molecule has 4 rings (SSSR count). The first-order valence-electron chi connectivity index (χ1n) is 12.2. The number of imidazole rings is 1. The van der Waals surface area contributed by atoms with E-state index >= 15 is 0 Å². The minimum atomic E-state index is -4.47. The summed E-state index contributed by atoms with van der Waals surface area (Å²) in [4.78, 5) is 24.2. The average Bonchev–Trinajstić information content (AvgIpc) is 3.31. The van der Waals surface area contributed by atoms with Gasteiger partial charge in [0, 0.05) is 43.6 Å². The Balaban J connectivity index is 1.25. The molecular formula is C25H31F3N6O3. The fraction of sp³-hybridized carbons (Fsp3) is 0.440. The molecule has 1 saturated heterocycles. The highest BCUT2D eigenvalue weighted by atomic mass is 19.4. The number of benzene rings is 1. The number of amides is 2. The second-order valence-corrected chi connectivity index (χ2v) is 8.71. The summed E-state index contributed by atoms with van der Waals surface area (Å²) in [5.74, 6) is 0. The molecular weight excluding hydrogens is 489 g/mol. The number of alkyl halides is 3. The molecule has 1 fully saturated rings. The van der Waals surface area contributed by atoms with Gasteiger partial charge in [0.2, 0.25) is 0 Å². The second-order valence-electron chi connectivity index (χ2n) is 8.71. The van der Waals surface area contributed by atoms with Crippen molar-refractivity contribution in [3.05, 3.63) is 54.4 Å². The summed E-state index contributed by atoms with van der Waals surface area (Å²) < 4.78 is 44.2. The zero-order valence-electron chi connectivity index (χ0n) is 20.4. The second kappa shape index (κ2) is 12.9. The summed E-state index contributed by atoms with van der Waals surface area (Å²) in [6.45, 7) is 4.50. The molecule has 200 valence electrons. The Morgan fingerprint density at radius 2 is 2.00 bits per heavy atom. The number of carbonyl (C=O) groups excluding carboxylic acids is 1. The summed E-state index contributed by atoms with van der Waals surface area (Å²) in [5, 5.41) is 4.22. The molecule has 37 heavy (non-hydrogen) atoms. The van der Waals surface area contributed by atoms with Gasteiger partial charge in [-0.25, -0.2) is 15.3 Å². The van der Waals surface area contributed by atoms with Crippen LogP contribution in [0.3, 0.4) is 0 Å². The molecule has 9 nitrogen and oxygen atoms in total. The fourth-order valence-electron chi connectivity index (χ4n) is 4.03. The molecule has 0 saturated carbocycles. The van der Waals surface area contributed by atoms with E-state index in [1.807, 2.05) is 28.8 Å². The van der Waals surface area contributed by atoms with Gasteiger partial charge in [-0.15, -0.1) is 0 Å². The quantitative estimate of drug-likeness (QED) is 0.265. The summed E-state index contributed by atoms with van der Waals surface area (Å²) in [6.07, 6.45) is 0.907. The van der Waals surface area contributed by atoms with E-state index < -0.39 is 18.8 Å². The van der Waals surface area contributed by atoms with Gasteiger partial charge in [-0.3, -0.25) is 9.30 Å². The van der Waals surface area contributed by atoms with Crippen molar-refractivity contribution in [1.29, 1.82) is 0 Å². The number of morpholine rings is 1. The van der Waals surface area contributed by atoms with E-state index in [1.165, 1.54) is 0 Å². The van der Waals surface area contributed by atoms with E-state index in [0.29, 0.717) is 18.8 Å². The maximum absolute atomic E-state index is 12.3. The molecule has 0 spiro atoms. The van der Waals surface area contributed by atoms with Gasteiger partial charge < -0.3 is 20.2 Å². The van der Waals surface area contributed by atoms with Crippen molar-refractivity contribution in [3.63, 3.8) is 0 Å². The number of nitrogens with one attached hydrogen (secondary N) is 3. The molecule has 1 aliphatic heterocycles. The van der Waals surface area contributed by atoms with E-state index in [1.54, 1.807) is 29.7 Å². The minimum Gasteiger partial charge on any atom is -0.379 e. The van der Waals surface area contributed by atoms with E-state index in [4.69, 9.17) is 9.57 Å². The molecule has 2 aromatic heterocycles. The highest BCUT2D eigenvalue weighted by Crippen LogP contribution is 2.24. The van der Waals surface area contributed by atoms with Crippen molar-refractivity contribution >= 4 is 17.4 Å². The molecule has 0 atom stereocenters. The van der Waals surface area contributed by atoms with Gasteiger partial charge in [0.05, 0.1) is 31.7 Å². The Labute approximate surface area is 212 Å². The topological polar surface area (TPSA) is 92.2 Å². The summed E-state index contributed by atoms with van der Waals surface area (Å²) >= 11 is 0. The van der Waals surface area contributed by atoms with Crippen LogP contribution in [-0.2, 0) is 16.0 Å². The maximum atomic E-state index is 12.3. The molecule has 0 unspecified atom stereocenters. The number of hydrogen-bond donors (Lipinski definition) is 3. The maximum Gasteiger partial charge on any atom is 0.405 e. The van der Waals surface area contributed by atoms with Crippen LogP contribution in [-0.4, -0.2) is 79.0 Å². The molecule has 2 amide bonds. The van der Waals surface area contributed by atoms with Crippen LogP contribution in [0.5, 0.6) is 0 Å². The normalized spacial score (nSPS) is 14.7. The van der Waals surface area contributed by atoms with Crippen LogP contribution in [0.15, 0.2) is 48.8 Å². The highest BCUT2D eigenvalue weighted by molar-refractivity contribution is 5.90. The number of pyridine rings is 1. The number of halogens is 3. The van der Waals surface area contributed by atoms with Crippen molar-refractivity contribution in [2.24, 2.45) is 0 Å². The number of urea groups is 1. The first-order chi connectivity index (χ1) is 17.9. The summed E-state index contributed by atoms with van der Waals surface area (Å²) in [6, 6.07) is 9.93. The molecule has 0 radical (unpaired) electrons. The zero-order chi connectivity index (χ0) is 26.1. The Kier molecular flexibility index (Phi) is 9.34. The van der Waals surface area contributed by atoms with Gasteiger partial charge in [0.15, 0.2) is 0 Å². The fourth-order valence-corrected chi connectivity index (χ4v) is 4.03. The predicted octanol–water partition coefficient (Wildman–Crippen LogP) is 3.47. The van der Waals surface area contributed by atoms with Gasteiger partial charge in [0.25, 0.3) is 0 Å². The number of nitrogens with zero attached hydrogens (tertiary/aromatic N) is 3. The summed E-state index contributed by atoms with van der Waals surface area (Å²) in [7, 11) is 0. The van der Waals surface area contributed by atoms with Gasteiger partial charge >= 0.3 is 12.2 Å². The number of ether oxygens (including phenoxy) is 1. The monoisotopic (exact) mass is 520 g/mol. The Morgan fingerprint density at radius 3 is 2.81 bits per heavy atom. The van der Waals surface area contributed by atoms with Crippen molar-refractivity contribution in [2.75, 3.05) is 57.9 Å². The van der Waals surface area contributed by atoms with E-state index in [9.17, 15) is 18.0 Å². The molecule has 3 N–H and O–H groups in total. The van der Waals surface area contributed by atoms with E-state index in [2.05, 4.69) is 20.7 Å². The van der Waals surface area contributed by atoms with Crippen LogP contribution in [0.25, 0.3) is 16.9 Å². The summed E-state index contributed by atoms with van der Waals surface area (Å²) in [5.41, 5.74) is 6.82. The van der Waals surface area contributed by atoms with Crippen LogP contribution in [0.2, 0.25) is 0 Å². The molecule has 0 aliphatic carbocycles. The number of aromatic nitrogens is 2. The van der Waals surface area contributed by atoms with Crippen molar-refractivity contribution in [2.45, 2.75) is 19.0 Å². The highest BCUT2D eigenvalue weighted by Gasteiger charge is 2.27. The number of hydrogen-bond acceptors (Lipinski definition) is 6. The molecule has 1 aliphatic rings. The van der Waals surface area contributed by atoms with Gasteiger partial charge in [-0.05, 0) is 42.7 Å². The first-order valence-corrected chi connectivity index (χ1v) is 12.2. The average molecular weight is 521 g/mol. The minimum absolute atomic E-state index is 0.375. The van der Waals surface area contributed by atoms with Crippen LogP contribution in [0.4, 0.5) is 23.7 Å². The van der Waals surface area contributed by atoms with Crippen molar-refractivity contribution in [1.82, 2.24) is 25.1 Å². The number of carbonyl (C=O) groups is 1. The van der Waals surface area contributed by atoms with Crippen molar-refractivity contribution < 1.29 is 27.5 Å². The van der Waals surface area contributed by atoms with Crippen LogP contribution in [0, 0.1) is 0 Å². The third-order valence-electron chi connectivity index (χ3n) is 5.89. The smallest absolute Gasteiger partial charge is 0.379 e. The lowest BCUT2D eigenvalue weighted by Gasteiger charge is -2.26. The van der Waals surface area contributed by atoms with Crippen molar-refractivity contribution in [3.8, 4) is 11.3 Å². The lowest BCUT2D eigenvalue weighted by atomic mass is 10.1. The molecule has 12 heteroatoms. The van der Waals surface area contributed by atoms with Gasteiger partial charge in [-0.2, -0.15) is 13.2 Å². The number of rotatable bonds is 11. The molecule has 1 aromatic carbocycles. The lowest BCUT2D eigenvalue weighted by Crippen LogP contribution is -2.37. The van der Waals surface area contributed by atoms with Crippen LogP contribution in [0.1, 0.15) is 12.0 Å². The SMILES string of the molecule is O=C(NCC(F)(F)F)Nc1cccc(-c2cnc3cc(CCNOCCCN4CCOCC4)ccn23)c1. The number of fused-ring (bicyclic) bond motifs is 1. The molecule has 0 bridgehead atoms. The third-order valence-corrected chi connectivity index (χ3v) is 5.89. The van der Waals surface area contributed by atoms with Crippen LogP contribution >= 0.6 is 0 Å². The Morgan fingerprint density at radius 1 is 1.16 bits per heavy atom. The third kappa shape index (κ3) is 8.42. The number of hydroxylamine groups is 1. The standard InChI is InChI=1S/C25H31F3N6O3/c26-25(27,28)18-30-24(35)32-21-4-1-3-20(16-21)22-17-29-23-15-19(6-9-34(22)23)5-7-31-37-12-2-8-33-10-13-36-14-11-33/h1,3-4,6,9,15-17,31H,2,5,7-8,10-14,18H2,(H2,30,32,35). The number of anilines is 1. The lowest BCUT2D eigenvalue weighted by molar-refractivity contribution is -0.122. The molecule has 3 heterocycles. The predicted molar refractivity (Wildman–Crippen MR) is 133 cm³/mol. The molecule has 3 aromatic rings. The Hall–Kier alpha value is -3.19. The van der Waals surface area contributed by atoms with Crippen LogP contribution < -0.4 is 16.1 Å². The Bertz CT molecular complexity index is 1160. The van der Waals surface area contributed by atoms with E-state index in [-0.39, 0.29) is 0 Å². The van der Waals surface area contributed by atoms with E-state index in [0.717, 1.165) is 68.2 Å². The zero-order valence-corrected chi connectivity index (χ0v) is 20.4. The van der Waals surface area contributed by atoms with Gasteiger partial charge in [0.1, 0.15) is 12.2 Å². The first kappa shape index (κ1) is 26.9. The van der Waals surface area contributed by atoms with Gasteiger partial charge in [-0.1, -0.05) is 12.1 Å².